The van der Waals surface area contributed by atoms with Crippen LogP contribution in [0.2, 0.25) is 0 Å². The van der Waals surface area contributed by atoms with E-state index in [0.717, 1.165) is 22.8 Å². The minimum Gasteiger partial charge on any atom is -0.461 e. The molecule has 1 saturated carbocycles. The van der Waals surface area contributed by atoms with Crippen molar-refractivity contribution in [1.82, 2.24) is 0 Å². The van der Waals surface area contributed by atoms with Crippen molar-refractivity contribution in [2.45, 2.75) is 40.5 Å². The van der Waals surface area contributed by atoms with Crippen LogP contribution in [0.5, 0.6) is 0 Å². The van der Waals surface area contributed by atoms with Crippen molar-refractivity contribution in [3.8, 4) is 0 Å². The first-order valence-electron chi connectivity index (χ1n) is 8.19. The Kier molecular flexibility index (Phi) is 6.19. The fourth-order valence-corrected chi connectivity index (χ4v) is 3.43. The van der Waals surface area contributed by atoms with Gasteiger partial charge in [0.1, 0.15) is 11.6 Å². The zero-order valence-electron chi connectivity index (χ0n) is 15.3. The molecule has 0 radical (unpaired) electrons. The van der Waals surface area contributed by atoms with Gasteiger partial charge in [0.25, 0.3) is 0 Å². The number of halogens is 4. The van der Waals surface area contributed by atoms with Gasteiger partial charge in [0, 0.05) is 0 Å². The van der Waals surface area contributed by atoms with Crippen LogP contribution in [-0.2, 0) is 16.1 Å². The molecule has 0 aromatic heterocycles. The van der Waals surface area contributed by atoms with Crippen molar-refractivity contribution >= 4 is 40.6 Å². The molecule has 0 N–H and O–H groups in total. The van der Waals surface area contributed by atoms with Gasteiger partial charge in [-0.3, -0.25) is 4.79 Å². The molecule has 27 heavy (non-hydrogen) atoms. The molecule has 0 amide bonds. The average Bonchev–Trinajstić information content (AvgIpc) is 3.09. The second kappa shape index (κ2) is 7.74. The number of thiocarbonyl (C=S) groups is 1. The molecule has 0 heterocycles. The molecule has 0 spiro atoms. The van der Waals surface area contributed by atoms with Gasteiger partial charge < -0.3 is 4.74 Å². The van der Waals surface area contributed by atoms with E-state index in [9.17, 15) is 18.0 Å². The summed E-state index contributed by atoms with van der Waals surface area (Å²) in [5.74, 6) is -1.83. The molecule has 3 nitrogen and oxygen atoms in total. The lowest BCUT2D eigenvalue weighted by molar-refractivity contribution is -0.147. The lowest BCUT2D eigenvalue weighted by atomic mass is 10.0. The van der Waals surface area contributed by atoms with E-state index < -0.39 is 34.4 Å². The number of aryl methyl sites for hydroxylation is 1. The maximum absolute atomic E-state index is 12.6. The van der Waals surface area contributed by atoms with Gasteiger partial charge in [0.05, 0.1) is 16.8 Å². The van der Waals surface area contributed by atoms with E-state index in [1.54, 1.807) is 19.9 Å². The van der Waals surface area contributed by atoms with E-state index in [0.29, 0.717) is 5.69 Å². The van der Waals surface area contributed by atoms with Crippen LogP contribution in [0.15, 0.2) is 28.2 Å². The van der Waals surface area contributed by atoms with Crippen molar-refractivity contribution in [1.29, 1.82) is 0 Å². The van der Waals surface area contributed by atoms with E-state index >= 15 is 0 Å². The standard InChI is InChI=1S/C19H19ClF3NO2S/c1-10-5-6-14(24-9-27)11(2)12(10)8-26-17(25)16-13(18(16,3)4)7-15(20)19(21,22)23/h5-7,13,16H,8H2,1-4H3/b15-7+. The maximum atomic E-state index is 12.6. The number of aliphatic imine (C=N–C) groups is 1. The molecular formula is C19H19ClF3NO2S. The fourth-order valence-electron chi connectivity index (χ4n) is 3.20. The number of hydrogen-bond acceptors (Lipinski definition) is 4. The highest BCUT2D eigenvalue weighted by Crippen LogP contribution is 2.60. The summed E-state index contributed by atoms with van der Waals surface area (Å²) in [7, 11) is 0. The number of ether oxygens (including phenoxy) is 1. The number of nitrogens with zero attached hydrogens (tertiary/aromatic N) is 1. The van der Waals surface area contributed by atoms with Gasteiger partial charge in [-0.1, -0.05) is 37.6 Å². The van der Waals surface area contributed by atoms with Crippen LogP contribution >= 0.6 is 23.8 Å². The molecule has 2 rings (SSSR count). The number of benzene rings is 1. The SMILES string of the molecule is Cc1ccc(N=C=S)c(C)c1COC(=O)C1C(/C=C(/Cl)C(F)(F)F)C1(C)C. The summed E-state index contributed by atoms with van der Waals surface area (Å²) in [6.07, 6.45) is -3.72. The molecule has 1 aliphatic carbocycles. The highest BCUT2D eigenvalue weighted by molar-refractivity contribution is 7.78. The molecule has 0 aliphatic heterocycles. The van der Waals surface area contributed by atoms with Crippen molar-refractivity contribution < 1.29 is 22.7 Å². The Bertz CT molecular complexity index is 842. The third-order valence-electron chi connectivity index (χ3n) is 5.09. The Morgan fingerprint density at radius 2 is 2.04 bits per heavy atom. The number of rotatable bonds is 5. The smallest absolute Gasteiger partial charge is 0.426 e. The molecule has 1 aromatic carbocycles. The van der Waals surface area contributed by atoms with Crippen molar-refractivity contribution in [2.75, 3.05) is 0 Å². The van der Waals surface area contributed by atoms with Crippen LogP contribution in [0, 0.1) is 31.1 Å². The Hall–Kier alpha value is -1.69. The third kappa shape index (κ3) is 4.60. The van der Waals surface area contributed by atoms with Gasteiger partial charge in [0.2, 0.25) is 0 Å². The second-order valence-electron chi connectivity index (χ2n) is 7.15. The van der Waals surface area contributed by atoms with Crippen LogP contribution in [0.25, 0.3) is 0 Å². The van der Waals surface area contributed by atoms with E-state index in [4.69, 9.17) is 16.3 Å². The first kappa shape index (κ1) is 21.6. The highest BCUT2D eigenvalue weighted by Gasteiger charge is 2.62. The van der Waals surface area contributed by atoms with Crippen LogP contribution in [0.4, 0.5) is 18.9 Å². The van der Waals surface area contributed by atoms with E-state index in [1.165, 1.54) is 0 Å². The summed E-state index contributed by atoms with van der Waals surface area (Å²) in [5.41, 5.74) is 2.50. The predicted octanol–water partition coefficient (Wildman–Crippen LogP) is 6.04. The molecule has 1 aliphatic rings. The number of carbonyl (C=O) groups is 1. The molecule has 146 valence electrons. The first-order chi connectivity index (χ1) is 12.4. The number of isothiocyanates is 1. The lowest BCUT2D eigenvalue weighted by Gasteiger charge is -2.12. The van der Waals surface area contributed by atoms with E-state index in [1.807, 2.05) is 19.9 Å². The number of esters is 1. The summed E-state index contributed by atoms with van der Waals surface area (Å²) in [5, 5.41) is 1.09. The maximum Gasteiger partial charge on any atom is 0.426 e. The summed E-state index contributed by atoms with van der Waals surface area (Å²) in [4.78, 5) is 16.4. The Morgan fingerprint density at radius 1 is 1.41 bits per heavy atom. The van der Waals surface area contributed by atoms with Gasteiger partial charge in [-0.15, -0.1) is 0 Å². The Balaban J connectivity index is 2.13. The fraction of sp³-hybridized carbons (Fsp3) is 0.474. The van der Waals surface area contributed by atoms with Gasteiger partial charge >= 0.3 is 12.1 Å². The topological polar surface area (TPSA) is 38.7 Å². The second-order valence-corrected chi connectivity index (χ2v) is 7.74. The molecule has 8 heteroatoms. The van der Waals surface area contributed by atoms with Crippen LogP contribution in [0.1, 0.15) is 30.5 Å². The molecular weight excluding hydrogens is 399 g/mol. The van der Waals surface area contributed by atoms with Crippen molar-refractivity contribution in [3.63, 3.8) is 0 Å². The number of alkyl halides is 3. The number of allylic oxidation sites excluding steroid dienone is 2. The average molecular weight is 418 g/mol. The minimum absolute atomic E-state index is 0.00725. The van der Waals surface area contributed by atoms with Crippen molar-refractivity contribution in [2.24, 2.45) is 22.2 Å². The Morgan fingerprint density at radius 3 is 2.59 bits per heavy atom. The molecule has 1 fully saturated rings. The lowest BCUT2D eigenvalue weighted by Crippen LogP contribution is -2.12. The summed E-state index contributed by atoms with van der Waals surface area (Å²) in [6.45, 7) is 7.14. The number of hydrogen-bond donors (Lipinski definition) is 0. The Labute approximate surface area is 166 Å². The normalized spacial score (nSPS) is 21.4. The predicted molar refractivity (Wildman–Crippen MR) is 101 cm³/mol. The van der Waals surface area contributed by atoms with Gasteiger partial charge in [-0.25, -0.2) is 0 Å². The van der Waals surface area contributed by atoms with Crippen LogP contribution in [0.3, 0.4) is 0 Å². The number of carbonyl (C=O) groups excluding carboxylic acids is 1. The highest BCUT2D eigenvalue weighted by atomic mass is 35.5. The quantitative estimate of drug-likeness (QED) is 0.333. The summed E-state index contributed by atoms with van der Waals surface area (Å²) >= 11 is 9.93. The van der Waals surface area contributed by atoms with E-state index in [2.05, 4.69) is 22.4 Å². The molecule has 0 bridgehead atoms. The molecule has 2 atom stereocenters. The first-order valence-corrected chi connectivity index (χ1v) is 8.98. The summed E-state index contributed by atoms with van der Waals surface area (Å²) < 4.78 is 43.3. The van der Waals surface area contributed by atoms with Gasteiger partial charge in [-0.2, -0.15) is 18.2 Å². The summed E-state index contributed by atoms with van der Waals surface area (Å²) in [6, 6.07) is 3.62. The molecule has 1 aromatic rings. The molecule has 2 unspecified atom stereocenters. The van der Waals surface area contributed by atoms with Gasteiger partial charge in [-0.05, 0) is 60.2 Å². The third-order valence-corrected chi connectivity index (χ3v) is 5.52. The van der Waals surface area contributed by atoms with E-state index in [-0.39, 0.29) is 6.61 Å². The van der Waals surface area contributed by atoms with Crippen molar-refractivity contribution in [3.05, 3.63) is 39.9 Å². The van der Waals surface area contributed by atoms with Crippen LogP contribution < -0.4 is 0 Å². The monoisotopic (exact) mass is 417 g/mol. The minimum atomic E-state index is -4.62. The van der Waals surface area contributed by atoms with Crippen LogP contribution in [-0.4, -0.2) is 17.3 Å². The molecule has 0 saturated heterocycles. The zero-order valence-corrected chi connectivity index (χ0v) is 16.9. The van der Waals surface area contributed by atoms with Gasteiger partial charge in [0.15, 0.2) is 0 Å². The largest absolute Gasteiger partial charge is 0.461 e. The zero-order chi connectivity index (χ0) is 20.6.